The molecule has 0 bridgehead atoms. The Morgan fingerprint density at radius 2 is 2.31 bits per heavy atom. The maximum atomic E-state index is 13.7. The smallest absolute Gasteiger partial charge is 0.227 e. The number of halogens is 2. The lowest BCUT2D eigenvalue weighted by molar-refractivity contribution is -0.117. The summed E-state index contributed by atoms with van der Waals surface area (Å²) in [4.78, 5) is 13.2. The van der Waals surface area contributed by atoms with Crippen LogP contribution in [0.1, 0.15) is 6.42 Å². The number of hydrogen-bond donors (Lipinski definition) is 0. The molecule has 0 spiro atoms. The summed E-state index contributed by atoms with van der Waals surface area (Å²) in [5.41, 5.74) is 0.330. The van der Waals surface area contributed by atoms with Crippen molar-refractivity contribution in [1.29, 1.82) is 0 Å². The van der Waals surface area contributed by atoms with Crippen molar-refractivity contribution in [3.8, 4) is 0 Å². The molecular formula is C12H11BrFNO. The van der Waals surface area contributed by atoms with E-state index in [-0.39, 0.29) is 17.6 Å². The van der Waals surface area contributed by atoms with E-state index in [0.29, 0.717) is 23.1 Å². The van der Waals surface area contributed by atoms with Crippen molar-refractivity contribution in [1.82, 2.24) is 0 Å². The molecule has 0 N–H and O–H groups in total. The highest BCUT2D eigenvalue weighted by molar-refractivity contribution is 9.10. The lowest BCUT2D eigenvalue weighted by Crippen LogP contribution is -2.25. The van der Waals surface area contributed by atoms with E-state index in [0.717, 1.165) is 0 Å². The predicted octanol–water partition coefficient (Wildman–Crippen LogP) is 3.13. The number of hydrogen-bond acceptors (Lipinski definition) is 1. The van der Waals surface area contributed by atoms with Crippen molar-refractivity contribution in [2.24, 2.45) is 5.92 Å². The lowest BCUT2D eigenvalue weighted by Gasteiger charge is -2.18. The molecule has 1 fully saturated rings. The van der Waals surface area contributed by atoms with Crippen molar-refractivity contribution in [2.45, 2.75) is 6.42 Å². The number of para-hydroxylation sites is 1. The molecule has 2 nitrogen and oxygen atoms in total. The summed E-state index contributed by atoms with van der Waals surface area (Å²) in [5, 5.41) is 0. The Balaban J connectivity index is 2.38. The normalized spacial score (nSPS) is 20.2. The third kappa shape index (κ3) is 1.89. The Hall–Kier alpha value is -1.16. The van der Waals surface area contributed by atoms with E-state index < -0.39 is 0 Å². The van der Waals surface area contributed by atoms with Gasteiger partial charge >= 0.3 is 0 Å². The Morgan fingerprint density at radius 3 is 2.88 bits per heavy atom. The number of amides is 1. The second-order valence-corrected chi connectivity index (χ2v) is 4.63. The zero-order chi connectivity index (χ0) is 11.7. The van der Waals surface area contributed by atoms with Gasteiger partial charge in [-0.05, 0) is 28.1 Å². The van der Waals surface area contributed by atoms with Gasteiger partial charge in [0.25, 0.3) is 0 Å². The number of carbonyl (C=O) groups is 1. The molecule has 0 aliphatic carbocycles. The Morgan fingerprint density at radius 1 is 1.56 bits per heavy atom. The van der Waals surface area contributed by atoms with Gasteiger partial charge in [-0.2, -0.15) is 0 Å². The second-order valence-electron chi connectivity index (χ2n) is 3.77. The molecule has 1 aliphatic heterocycles. The van der Waals surface area contributed by atoms with E-state index in [1.165, 1.54) is 11.0 Å². The molecule has 1 aromatic carbocycles. The standard InChI is InChI=1S/C12H11BrFNO/c1-2-8-6-11(16)15(7-8)12-9(13)4-3-5-10(12)14/h2-5,8H,1,6-7H2. The van der Waals surface area contributed by atoms with E-state index in [9.17, 15) is 9.18 Å². The van der Waals surface area contributed by atoms with Gasteiger partial charge in [0.1, 0.15) is 5.82 Å². The van der Waals surface area contributed by atoms with Gasteiger partial charge in [0.15, 0.2) is 0 Å². The van der Waals surface area contributed by atoms with Crippen LogP contribution in [0.2, 0.25) is 0 Å². The molecule has 1 aliphatic rings. The maximum absolute atomic E-state index is 13.7. The van der Waals surface area contributed by atoms with Crippen LogP contribution in [0.5, 0.6) is 0 Å². The van der Waals surface area contributed by atoms with Crippen molar-refractivity contribution in [2.75, 3.05) is 11.4 Å². The molecule has 1 atom stereocenters. The SMILES string of the molecule is C=CC1CC(=O)N(c2c(F)cccc2Br)C1. The van der Waals surface area contributed by atoms with Gasteiger partial charge in [-0.3, -0.25) is 4.79 Å². The molecule has 16 heavy (non-hydrogen) atoms. The van der Waals surface area contributed by atoms with E-state index in [1.54, 1.807) is 18.2 Å². The van der Waals surface area contributed by atoms with Crippen LogP contribution in [0.4, 0.5) is 10.1 Å². The minimum Gasteiger partial charge on any atom is -0.308 e. The molecule has 0 saturated carbocycles. The van der Waals surface area contributed by atoms with E-state index in [1.807, 2.05) is 0 Å². The van der Waals surface area contributed by atoms with E-state index in [4.69, 9.17) is 0 Å². The number of carbonyl (C=O) groups excluding carboxylic acids is 1. The fourth-order valence-corrected chi connectivity index (χ4v) is 2.41. The van der Waals surface area contributed by atoms with Crippen LogP contribution in [0, 0.1) is 11.7 Å². The monoisotopic (exact) mass is 283 g/mol. The summed E-state index contributed by atoms with van der Waals surface area (Å²) in [6, 6.07) is 4.69. The molecule has 84 valence electrons. The third-order valence-corrected chi connectivity index (χ3v) is 3.34. The minimum absolute atomic E-state index is 0.0595. The van der Waals surface area contributed by atoms with Crippen LogP contribution < -0.4 is 4.90 Å². The molecule has 0 aromatic heterocycles. The quantitative estimate of drug-likeness (QED) is 0.764. The first kappa shape index (κ1) is 11.3. The van der Waals surface area contributed by atoms with Gasteiger partial charge in [-0.1, -0.05) is 12.1 Å². The van der Waals surface area contributed by atoms with Gasteiger partial charge < -0.3 is 4.90 Å². The lowest BCUT2D eigenvalue weighted by atomic mass is 10.1. The first-order valence-corrected chi connectivity index (χ1v) is 5.79. The largest absolute Gasteiger partial charge is 0.308 e. The molecule has 1 unspecified atom stereocenters. The highest BCUT2D eigenvalue weighted by Gasteiger charge is 2.31. The average Bonchev–Trinajstić information content (AvgIpc) is 2.60. The first-order chi connectivity index (χ1) is 7.63. The third-order valence-electron chi connectivity index (χ3n) is 2.70. The molecule has 4 heteroatoms. The minimum atomic E-state index is -0.382. The maximum Gasteiger partial charge on any atom is 0.227 e. The van der Waals surface area contributed by atoms with Crippen LogP contribution in [-0.2, 0) is 4.79 Å². The molecule has 1 saturated heterocycles. The van der Waals surface area contributed by atoms with Gasteiger partial charge in [0.05, 0.1) is 5.69 Å². The summed E-state index contributed by atoms with van der Waals surface area (Å²) in [6.07, 6.45) is 2.15. The Kier molecular flexibility index (Phi) is 3.10. The summed E-state index contributed by atoms with van der Waals surface area (Å²) >= 11 is 3.27. The number of nitrogens with zero attached hydrogens (tertiary/aromatic N) is 1. The van der Waals surface area contributed by atoms with Gasteiger partial charge in [-0.15, -0.1) is 6.58 Å². The van der Waals surface area contributed by atoms with E-state index in [2.05, 4.69) is 22.5 Å². The fourth-order valence-electron chi connectivity index (χ4n) is 1.86. The van der Waals surface area contributed by atoms with E-state index >= 15 is 0 Å². The van der Waals surface area contributed by atoms with Gasteiger partial charge in [0, 0.05) is 23.4 Å². The van der Waals surface area contributed by atoms with Crippen LogP contribution in [0.3, 0.4) is 0 Å². The topological polar surface area (TPSA) is 20.3 Å². The molecule has 1 amide bonds. The predicted molar refractivity (Wildman–Crippen MR) is 64.8 cm³/mol. The molecule has 0 radical (unpaired) electrons. The molecular weight excluding hydrogens is 273 g/mol. The summed E-state index contributed by atoms with van der Waals surface area (Å²) in [7, 11) is 0. The Bertz CT molecular complexity index is 426. The summed E-state index contributed by atoms with van der Waals surface area (Å²) < 4.78 is 14.3. The van der Waals surface area contributed by atoms with Crippen LogP contribution >= 0.6 is 15.9 Å². The van der Waals surface area contributed by atoms with Crippen molar-refractivity contribution in [3.63, 3.8) is 0 Å². The van der Waals surface area contributed by atoms with Crippen molar-refractivity contribution < 1.29 is 9.18 Å². The van der Waals surface area contributed by atoms with Gasteiger partial charge in [0.2, 0.25) is 5.91 Å². The number of benzene rings is 1. The first-order valence-electron chi connectivity index (χ1n) is 5.00. The van der Waals surface area contributed by atoms with Gasteiger partial charge in [-0.25, -0.2) is 4.39 Å². The number of anilines is 1. The second kappa shape index (κ2) is 4.37. The summed E-state index contributed by atoms with van der Waals surface area (Å²) in [6.45, 7) is 4.17. The fraction of sp³-hybridized carbons (Fsp3) is 0.250. The van der Waals surface area contributed by atoms with Crippen molar-refractivity contribution in [3.05, 3.63) is 41.1 Å². The average molecular weight is 284 g/mol. The highest BCUT2D eigenvalue weighted by atomic mass is 79.9. The van der Waals surface area contributed by atoms with Crippen molar-refractivity contribution >= 4 is 27.5 Å². The van der Waals surface area contributed by atoms with Crippen LogP contribution in [0.15, 0.2) is 35.3 Å². The number of rotatable bonds is 2. The zero-order valence-electron chi connectivity index (χ0n) is 8.62. The molecule has 1 aromatic rings. The Labute approximate surface area is 102 Å². The highest BCUT2D eigenvalue weighted by Crippen LogP contribution is 2.33. The van der Waals surface area contributed by atoms with Crippen LogP contribution in [-0.4, -0.2) is 12.5 Å². The summed E-state index contributed by atoms with van der Waals surface area (Å²) in [5.74, 6) is -0.331. The zero-order valence-corrected chi connectivity index (χ0v) is 10.2. The van der Waals surface area contributed by atoms with Crippen LogP contribution in [0.25, 0.3) is 0 Å². The molecule has 1 heterocycles. The molecule has 2 rings (SSSR count).